The third kappa shape index (κ3) is 1.25. The number of carbonyl (C=O) groups excluding carboxylic acids is 1. The fourth-order valence-corrected chi connectivity index (χ4v) is 1.33. The molecule has 0 spiro atoms. The monoisotopic (exact) mass is 151 g/mol. The second-order valence-corrected chi connectivity index (χ2v) is 3.20. The molecule has 0 bridgehead atoms. The van der Waals surface area contributed by atoms with E-state index in [-0.39, 0.29) is 11.7 Å². The maximum atomic E-state index is 11.3. The van der Waals surface area contributed by atoms with E-state index in [1.807, 2.05) is 20.8 Å². The fraction of sp³-hybridized carbons (Fsp3) is 0.556. The first-order valence-corrected chi connectivity index (χ1v) is 3.83. The summed E-state index contributed by atoms with van der Waals surface area (Å²) in [7, 11) is 0. The van der Waals surface area contributed by atoms with Crippen LogP contribution in [-0.4, -0.2) is 11.5 Å². The molecule has 1 aliphatic rings. The van der Waals surface area contributed by atoms with Gasteiger partial charge in [0, 0.05) is 11.6 Å². The maximum Gasteiger partial charge on any atom is 0.162 e. The van der Waals surface area contributed by atoms with Gasteiger partial charge in [-0.1, -0.05) is 6.92 Å². The standard InChI is InChI=1S/C9H13NO/c1-5-4-8(10)6(2)7(3)9(5)11/h5,10H,4H2,1-3H3. The Hall–Kier alpha value is -0.920. The highest BCUT2D eigenvalue weighted by Gasteiger charge is 2.24. The van der Waals surface area contributed by atoms with Crippen LogP contribution in [0.5, 0.6) is 0 Å². The SMILES string of the molecule is CC1=C(C)C(=O)C(C)CC1=N. The molecule has 60 valence electrons. The van der Waals surface area contributed by atoms with E-state index in [2.05, 4.69) is 0 Å². The fourth-order valence-electron chi connectivity index (χ4n) is 1.33. The molecule has 0 aliphatic heterocycles. The molecule has 0 amide bonds. The molecule has 1 N–H and O–H groups in total. The second-order valence-electron chi connectivity index (χ2n) is 3.20. The summed E-state index contributed by atoms with van der Waals surface area (Å²) >= 11 is 0. The van der Waals surface area contributed by atoms with Gasteiger partial charge in [0.05, 0.1) is 0 Å². The van der Waals surface area contributed by atoms with Crippen LogP contribution in [0.25, 0.3) is 0 Å². The molecule has 0 aromatic rings. The Kier molecular flexibility index (Phi) is 1.94. The minimum absolute atomic E-state index is 0.0196. The van der Waals surface area contributed by atoms with E-state index >= 15 is 0 Å². The Morgan fingerprint density at radius 1 is 1.36 bits per heavy atom. The zero-order chi connectivity index (χ0) is 8.59. The number of allylic oxidation sites excluding steroid dienone is 2. The van der Waals surface area contributed by atoms with Crippen LogP contribution in [0.15, 0.2) is 11.1 Å². The van der Waals surface area contributed by atoms with Gasteiger partial charge in [-0.05, 0) is 31.4 Å². The summed E-state index contributed by atoms with van der Waals surface area (Å²) in [4.78, 5) is 11.3. The van der Waals surface area contributed by atoms with E-state index in [0.29, 0.717) is 12.1 Å². The van der Waals surface area contributed by atoms with Crippen molar-refractivity contribution in [2.75, 3.05) is 0 Å². The Balaban J connectivity index is 3.08. The van der Waals surface area contributed by atoms with E-state index in [4.69, 9.17) is 5.41 Å². The Morgan fingerprint density at radius 2 is 1.91 bits per heavy atom. The molecule has 2 nitrogen and oxygen atoms in total. The van der Waals surface area contributed by atoms with Crippen molar-refractivity contribution in [2.45, 2.75) is 27.2 Å². The predicted octanol–water partition coefficient (Wildman–Crippen LogP) is 1.95. The summed E-state index contributed by atoms with van der Waals surface area (Å²) in [6, 6.07) is 0. The molecule has 0 radical (unpaired) electrons. The quantitative estimate of drug-likeness (QED) is 0.564. The topological polar surface area (TPSA) is 40.9 Å². The minimum atomic E-state index is 0.0196. The highest BCUT2D eigenvalue weighted by molar-refractivity contribution is 6.12. The van der Waals surface area contributed by atoms with Crippen molar-refractivity contribution in [1.29, 1.82) is 5.41 Å². The lowest BCUT2D eigenvalue weighted by Gasteiger charge is -2.19. The summed E-state index contributed by atoms with van der Waals surface area (Å²) in [5.74, 6) is 0.227. The number of Topliss-reactive ketones (excluding diaryl/α,β-unsaturated/α-hetero) is 1. The van der Waals surface area contributed by atoms with Gasteiger partial charge in [0.1, 0.15) is 0 Å². The second kappa shape index (κ2) is 2.61. The number of rotatable bonds is 0. The van der Waals surface area contributed by atoms with Crippen LogP contribution in [0.3, 0.4) is 0 Å². The van der Waals surface area contributed by atoms with Crippen molar-refractivity contribution >= 4 is 11.5 Å². The van der Waals surface area contributed by atoms with E-state index < -0.39 is 0 Å². The molecule has 0 aromatic heterocycles. The average Bonchev–Trinajstić information content (AvgIpc) is 1.97. The van der Waals surface area contributed by atoms with Crippen LogP contribution in [0.4, 0.5) is 0 Å². The number of nitrogens with one attached hydrogen (secondary N) is 1. The molecule has 0 fully saturated rings. The van der Waals surface area contributed by atoms with Crippen LogP contribution in [0, 0.1) is 11.3 Å². The van der Waals surface area contributed by atoms with Crippen LogP contribution in [0.1, 0.15) is 27.2 Å². The van der Waals surface area contributed by atoms with Gasteiger partial charge in [0.15, 0.2) is 5.78 Å². The first kappa shape index (κ1) is 8.18. The molecule has 11 heavy (non-hydrogen) atoms. The maximum absolute atomic E-state index is 11.3. The highest BCUT2D eigenvalue weighted by Crippen LogP contribution is 2.22. The minimum Gasteiger partial charge on any atom is -0.305 e. The molecule has 0 saturated carbocycles. The zero-order valence-electron chi connectivity index (χ0n) is 7.19. The first-order chi connectivity index (χ1) is 5.04. The summed E-state index contributed by atoms with van der Waals surface area (Å²) in [5.41, 5.74) is 2.26. The van der Waals surface area contributed by atoms with Crippen molar-refractivity contribution < 1.29 is 4.79 Å². The predicted molar refractivity (Wildman–Crippen MR) is 44.9 cm³/mol. The molecule has 2 heteroatoms. The molecular weight excluding hydrogens is 138 g/mol. The molecule has 1 unspecified atom stereocenters. The largest absolute Gasteiger partial charge is 0.305 e. The van der Waals surface area contributed by atoms with Crippen LogP contribution >= 0.6 is 0 Å². The molecule has 0 heterocycles. The van der Waals surface area contributed by atoms with Gasteiger partial charge in [-0.3, -0.25) is 4.79 Å². The Morgan fingerprint density at radius 3 is 2.45 bits per heavy atom. The van der Waals surface area contributed by atoms with Gasteiger partial charge in [0.25, 0.3) is 0 Å². The van der Waals surface area contributed by atoms with Crippen LogP contribution in [0.2, 0.25) is 0 Å². The van der Waals surface area contributed by atoms with Crippen LogP contribution < -0.4 is 0 Å². The third-order valence-corrected chi connectivity index (χ3v) is 2.34. The number of hydrogen-bond donors (Lipinski definition) is 1. The first-order valence-electron chi connectivity index (χ1n) is 3.83. The van der Waals surface area contributed by atoms with Gasteiger partial charge in [-0.15, -0.1) is 0 Å². The molecule has 0 aromatic carbocycles. The van der Waals surface area contributed by atoms with Crippen molar-refractivity contribution in [3.8, 4) is 0 Å². The molecule has 0 saturated heterocycles. The highest BCUT2D eigenvalue weighted by atomic mass is 16.1. The van der Waals surface area contributed by atoms with Gasteiger partial charge >= 0.3 is 0 Å². The average molecular weight is 151 g/mol. The Bertz CT molecular complexity index is 250. The van der Waals surface area contributed by atoms with Gasteiger partial charge in [-0.2, -0.15) is 0 Å². The normalized spacial score (nSPS) is 26.3. The van der Waals surface area contributed by atoms with Crippen molar-refractivity contribution in [3.63, 3.8) is 0 Å². The third-order valence-electron chi connectivity index (χ3n) is 2.34. The van der Waals surface area contributed by atoms with Crippen molar-refractivity contribution in [3.05, 3.63) is 11.1 Å². The van der Waals surface area contributed by atoms with E-state index in [9.17, 15) is 4.79 Å². The summed E-state index contributed by atoms with van der Waals surface area (Å²) in [6.07, 6.45) is 0.613. The zero-order valence-corrected chi connectivity index (χ0v) is 7.19. The molecule has 1 aliphatic carbocycles. The molecule has 1 rings (SSSR count). The number of carbonyl (C=O) groups is 1. The van der Waals surface area contributed by atoms with Gasteiger partial charge < -0.3 is 5.41 Å². The van der Waals surface area contributed by atoms with Crippen molar-refractivity contribution in [1.82, 2.24) is 0 Å². The Labute approximate surface area is 66.8 Å². The lowest BCUT2D eigenvalue weighted by atomic mass is 9.84. The van der Waals surface area contributed by atoms with Gasteiger partial charge in [0.2, 0.25) is 0 Å². The van der Waals surface area contributed by atoms with Crippen molar-refractivity contribution in [2.24, 2.45) is 5.92 Å². The van der Waals surface area contributed by atoms with Crippen LogP contribution in [-0.2, 0) is 4.79 Å². The molecule has 1 atom stereocenters. The summed E-state index contributed by atoms with van der Waals surface area (Å²) in [5, 5.41) is 7.54. The lowest BCUT2D eigenvalue weighted by Crippen LogP contribution is -2.24. The number of hydrogen-bond acceptors (Lipinski definition) is 2. The summed E-state index contributed by atoms with van der Waals surface area (Å²) < 4.78 is 0. The molecular formula is C9H13NO. The number of ketones is 1. The lowest BCUT2D eigenvalue weighted by molar-refractivity contribution is -0.118. The van der Waals surface area contributed by atoms with E-state index in [1.54, 1.807) is 0 Å². The summed E-state index contributed by atoms with van der Waals surface area (Å²) in [6.45, 7) is 5.54. The van der Waals surface area contributed by atoms with E-state index in [0.717, 1.165) is 11.1 Å². The smallest absolute Gasteiger partial charge is 0.162 e. The van der Waals surface area contributed by atoms with Gasteiger partial charge in [-0.25, -0.2) is 0 Å². The van der Waals surface area contributed by atoms with E-state index in [1.165, 1.54) is 0 Å².